The average Bonchev–Trinajstić information content (AvgIpc) is 2.25. The molecule has 0 fully saturated rings. The SMILES string of the molecule is Cc1cc(C)cc(CS(=O)(=O)CCC(C)(C)CN)c1. The molecule has 0 bridgehead atoms. The highest BCUT2D eigenvalue weighted by Gasteiger charge is 2.20. The molecular weight excluding hydrogens is 258 g/mol. The quantitative estimate of drug-likeness (QED) is 0.873. The monoisotopic (exact) mass is 283 g/mol. The highest BCUT2D eigenvalue weighted by molar-refractivity contribution is 7.90. The number of aryl methyl sites for hydroxylation is 2. The van der Waals surface area contributed by atoms with Gasteiger partial charge in [0.2, 0.25) is 0 Å². The maximum absolute atomic E-state index is 12.1. The molecule has 1 rings (SSSR count). The Morgan fingerprint density at radius 3 is 2.11 bits per heavy atom. The van der Waals surface area contributed by atoms with Crippen LogP contribution < -0.4 is 5.73 Å². The van der Waals surface area contributed by atoms with Gasteiger partial charge in [0.1, 0.15) is 0 Å². The van der Waals surface area contributed by atoms with Crippen LogP contribution in [0.15, 0.2) is 18.2 Å². The van der Waals surface area contributed by atoms with Gasteiger partial charge in [-0.3, -0.25) is 0 Å². The molecule has 2 N–H and O–H groups in total. The smallest absolute Gasteiger partial charge is 0.154 e. The number of benzene rings is 1. The van der Waals surface area contributed by atoms with E-state index in [1.807, 2.05) is 45.9 Å². The second kappa shape index (κ2) is 6.06. The molecule has 0 aliphatic carbocycles. The zero-order valence-electron chi connectivity index (χ0n) is 12.4. The Morgan fingerprint density at radius 1 is 1.11 bits per heavy atom. The van der Waals surface area contributed by atoms with Gasteiger partial charge in [0.25, 0.3) is 0 Å². The predicted octanol–water partition coefficient (Wildman–Crippen LogP) is 2.59. The van der Waals surface area contributed by atoms with Crippen LogP contribution in [0.25, 0.3) is 0 Å². The first-order valence-corrected chi connectivity index (χ1v) is 8.43. The third-order valence-corrected chi connectivity index (χ3v) is 4.91. The summed E-state index contributed by atoms with van der Waals surface area (Å²) in [5, 5.41) is 0. The molecule has 0 unspecified atom stereocenters. The Hall–Kier alpha value is -0.870. The summed E-state index contributed by atoms with van der Waals surface area (Å²) in [4.78, 5) is 0. The van der Waals surface area contributed by atoms with E-state index in [2.05, 4.69) is 0 Å². The van der Waals surface area contributed by atoms with Crippen molar-refractivity contribution in [3.63, 3.8) is 0 Å². The first-order chi connectivity index (χ1) is 8.63. The molecule has 0 heterocycles. The van der Waals surface area contributed by atoms with E-state index in [4.69, 9.17) is 5.73 Å². The highest BCUT2D eigenvalue weighted by Crippen LogP contribution is 2.21. The van der Waals surface area contributed by atoms with E-state index in [0.717, 1.165) is 16.7 Å². The van der Waals surface area contributed by atoms with Crippen molar-refractivity contribution >= 4 is 9.84 Å². The third-order valence-electron chi connectivity index (χ3n) is 3.31. The van der Waals surface area contributed by atoms with Crippen molar-refractivity contribution in [2.75, 3.05) is 12.3 Å². The van der Waals surface area contributed by atoms with Gasteiger partial charge in [-0.25, -0.2) is 8.42 Å². The summed E-state index contributed by atoms with van der Waals surface area (Å²) in [6.45, 7) is 8.48. The summed E-state index contributed by atoms with van der Waals surface area (Å²) in [5.41, 5.74) is 8.60. The van der Waals surface area contributed by atoms with Crippen molar-refractivity contribution in [1.29, 1.82) is 0 Å². The summed E-state index contributed by atoms with van der Waals surface area (Å²) < 4.78 is 24.3. The molecule has 0 amide bonds. The number of hydrogen-bond donors (Lipinski definition) is 1. The zero-order chi connectivity index (χ0) is 14.7. The molecule has 0 saturated heterocycles. The standard InChI is InChI=1S/C15H25NO2S/c1-12-7-13(2)9-14(8-12)10-19(17,18)6-5-15(3,4)11-16/h7-9H,5-6,10-11,16H2,1-4H3. The molecular formula is C15H25NO2S. The van der Waals surface area contributed by atoms with E-state index in [9.17, 15) is 8.42 Å². The van der Waals surface area contributed by atoms with Gasteiger partial charge in [-0.2, -0.15) is 0 Å². The molecule has 3 nitrogen and oxygen atoms in total. The molecule has 1 aromatic rings. The fourth-order valence-corrected chi connectivity index (χ4v) is 3.69. The lowest BCUT2D eigenvalue weighted by Gasteiger charge is -2.21. The van der Waals surface area contributed by atoms with Crippen LogP contribution in [-0.4, -0.2) is 20.7 Å². The number of rotatable bonds is 6. The lowest BCUT2D eigenvalue weighted by molar-refractivity contribution is 0.365. The molecule has 4 heteroatoms. The second-order valence-electron chi connectivity index (χ2n) is 6.21. The van der Waals surface area contributed by atoms with Crippen molar-refractivity contribution in [3.05, 3.63) is 34.9 Å². The van der Waals surface area contributed by atoms with Crippen LogP contribution >= 0.6 is 0 Å². The highest BCUT2D eigenvalue weighted by atomic mass is 32.2. The van der Waals surface area contributed by atoms with Gasteiger partial charge < -0.3 is 5.73 Å². The summed E-state index contributed by atoms with van der Waals surface area (Å²) in [5.74, 6) is 0.320. The van der Waals surface area contributed by atoms with Crippen LogP contribution in [0.1, 0.15) is 37.0 Å². The van der Waals surface area contributed by atoms with E-state index < -0.39 is 9.84 Å². The summed E-state index contributed by atoms with van der Waals surface area (Å²) in [6, 6.07) is 5.94. The van der Waals surface area contributed by atoms with Crippen molar-refractivity contribution < 1.29 is 8.42 Å². The van der Waals surface area contributed by atoms with Crippen LogP contribution in [-0.2, 0) is 15.6 Å². The van der Waals surface area contributed by atoms with Crippen LogP contribution in [0.3, 0.4) is 0 Å². The molecule has 1 aromatic carbocycles. The number of hydrogen-bond acceptors (Lipinski definition) is 3. The molecule has 0 atom stereocenters. The minimum atomic E-state index is -3.07. The fraction of sp³-hybridized carbons (Fsp3) is 0.600. The number of nitrogens with two attached hydrogens (primary N) is 1. The summed E-state index contributed by atoms with van der Waals surface area (Å²) in [7, 11) is -3.07. The lowest BCUT2D eigenvalue weighted by Crippen LogP contribution is -2.26. The molecule has 0 radical (unpaired) electrons. The molecule has 0 aliphatic heterocycles. The normalized spacial score (nSPS) is 12.7. The Balaban J connectivity index is 2.74. The maximum atomic E-state index is 12.1. The minimum Gasteiger partial charge on any atom is -0.330 e. The molecule has 19 heavy (non-hydrogen) atoms. The largest absolute Gasteiger partial charge is 0.330 e. The van der Waals surface area contributed by atoms with Gasteiger partial charge in [-0.05, 0) is 37.8 Å². The van der Waals surface area contributed by atoms with Gasteiger partial charge in [0, 0.05) is 0 Å². The number of sulfone groups is 1. The lowest BCUT2D eigenvalue weighted by atomic mass is 9.91. The average molecular weight is 283 g/mol. The van der Waals surface area contributed by atoms with Gasteiger partial charge in [0.05, 0.1) is 11.5 Å². The van der Waals surface area contributed by atoms with Crippen LogP contribution in [0.2, 0.25) is 0 Å². The fourth-order valence-electron chi connectivity index (χ4n) is 2.01. The second-order valence-corrected chi connectivity index (χ2v) is 8.39. The molecule has 0 aromatic heterocycles. The Morgan fingerprint density at radius 2 is 1.63 bits per heavy atom. The van der Waals surface area contributed by atoms with E-state index >= 15 is 0 Å². The third kappa shape index (κ3) is 5.74. The van der Waals surface area contributed by atoms with Crippen LogP contribution in [0.5, 0.6) is 0 Å². The van der Waals surface area contributed by atoms with E-state index in [1.54, 1.807) is 0 Å². The van der Waals surface area contributed by atoms with Crippen molar-refractivity contribution in [2.45, 2.75) is 39.9 Å². The first kappa shape index (κ1) is 16.2. The van der Waals surface area contributed by atoms with Crippen molar-refractivity contribution in [1.82, 2.24) is 0 Å². The first-order valence-electron chi connectivity index (χ1n) is 6.61. The Labute approximate surface area is 117 Å². The predicted molar refractivity (Wildman–Crippen MR) is 80.9 cm³/mol. The Kier molecular flexibility index (Phi) is 5.16. The Bertz CT molecular complexity index is 513. The van der Waals surface area contributed by atoms with Crippen LogP contribution in [0, 0.1) is 19.3 Å². The summed E-state index contributed by atoms with van der Waals surface area (Å²) in [6.07, 6.45) is 0.608. The van der Waals surface area contributed by atoms with E-state index in [1.165, 1.54) is 0 Å². The molecule has 0 spiro atoms. The van der Waals surface area contributed by atoms with Gasteiger partial charge in [0.15, 0.2) is 9.84 Å². The molecule has 0 saturated carbocycles. The summed E-state index contributed by atoms with van der Waals surface area (Å²) >= 11 is 0. The molecule has 108 valence electrons. The van der Waals surface area contributed by atoms with E-state index in [0.29, 0.717) is 13.0 Å². The van der Waals surface area contributed by atoms with E-state index in [-0.39, 0.29) is 16.9 Å². The maximum Gasteiger partial charge on any atom is 0.154 e. The topological polar surface area (TPSA) is 60.2 Å². The van der Waals surface area contributed by atoms with Gasteiger partial charge in [-0.1, -0.05) is 43.2 Å². The van der Waals surface area contributed by atoms with Gasteiger partial charge >= 0.3 is 0 Å². The minimum absolute atomic E-state index is 0.115. The van der Waals surface area contributed by atoms with Crippen LogP contribution in [0.4, 0.5) is 0 Å². The van der Waals surface area contributed by atoms with Crippen molar-refractivity contribution in [2.24, 2.45) is 11.1 Å². The van der Waals surface area contributed by atoms with Crippen molar-refractivity contribution in [3.8, 4) is 0 Å². The zero-order valence-corrected chi connectivity index (χ0v) is 13.2. The molecule has 0 aliphatic rings. The van der Waals surface area contributed by atoms with Gasteiger partial charge in [-0.15, -0.1) is 0 Å².